The summed E-state index contributed by atoms with van der Waals surface area (Å²) in [6.45, 7) is 4.44. The van der Waals surface area contributed by atoms with Gasteiger partial charge in [-0.15, -0.1) is 0 Å². The SMILES string of the molecule is CC(C)CN(CC(O)C(Cc1ccccc1)NC(=O)c1cc(Cl)cc(OC2CCOC2)c1)S(=O)(=O)c1ccc([N+](=O)[O-])cc1. The van der Waals surface area contributed by atoms with Gasteiger partial charge < -0.3 is 19.9 Å². The highest BCUT2D eigenvalue weighted by Gasteiger charge is 2.32. The second kappa shape index (κ2) is 15.0. The molecule has 13 heteroatoms. The van der Waals surface area contributed by atoms with Crippen LogP contribution in [0.25, 0.3) is 0 Å². The number of non-ortho nitro benzene ring substituents is 1. The molecular formula is C31H36ClN3O8S. The fourth-order valence-electron chi connectivity index (χ4n) is 4.87. The third-order valence-electron chi connectivity index (χ3n) is 7.05. The number of hydrogen-bond acceptors (Lipinski definition) is 8. The number of nitro benzene ring substituents is 1. The molecule has 0 aromatic heterocycles. The summed E-state index contributed by atoms with van der Waals surface area (Å²) >= 11 is 6.31. The van der Waals surface area contributed by atoms with Gasteiger partial charge >= 0.3 is 0 Å². The number of halogens is 1. The van der Waals surface area contributed by atoms with Crippen molar-refractivity contribution in [1.29, 1.82) is 0 Å². The van der Waals surface area contributed by atoms with Crippen molar-refractivity contribution in [3.8, 4) is 5.75 Å². The van der Waals surface area contributed by atoms with Crippen LogP contribution in [-0.4, -0.2) is 73.2 Å². The Kier molecular flexibility index (Phi) is 11.3. The number of aliphatic hydroxyl groups is 1. The van der Waals surface area contributed by atoms with Gasteiger partial charge in [0.25, 0.3) is 11.6 Å². The lowest BCUT2D eigenvalue weighted by molar-refractivity contribution is -0.384. The Labute approximate surface area is 261 Å². The van der Waals surface area contributed by atoms with Crippen LogP contribution in [0.1, 0.15) is 36.2 Å². The summed E-state index contributed by atoms with van der Waals surface area (Å²) in [5, 5.41) is 25.7. The maximum atomic E-state index is 13.6. The van der Waals surface area contributed by atoms with Crippen LogP contribution >= 0.6 is 11.6 Å². The lowest BCUT2D eigenvalue weighted by Crippen LogP contribution is -2.51. The van der Waals surface area contributed by atoms with Crippen molar-refractivity contribution >= 4 is 33.2 Å². The Hall–Kier alpha value is -3.55. The number of nitrogens with zero attached hydrogens (tertiary/aromatic N) is 2. The number of carbonyl (C=O) groups excluding carboxylic acids is 1. The molecule has 3 aromatic carbocycles. The molecule has 0 saturated carbocycles. The van der Waals surface area contributed by atoms with Crippen molar-refractivity contribution in [2.24, 2.45) is 5.92 Å². The number of amides is 1. The van der Waals surface area contributed by atoms with Gasteiger partial charge in [-0.25, -0.2) is 8.42 Å². The van der Waals surface area contributed by atoms with E-state index in [-0.39, 0.29) is 47.7 Å². The summed E-state index contributed by atoms with van der Waals surface area (Å²) < 4.78 is 39.7. The third-order valence-corrected chi connectivity index (χ3v) is 9.11. The van der Waals surface area contributed by atoms with E-state index >= 15 is 0 Å². The number of carbonyl (C=O) groups is 1. The van der Waals surface area contributed by atoms with E-state index in [4.69, 9.17) is 21.1 Å². The molecule has 0 radical (unpaired) electrons. The molecule has 1 saturated heterocycles. The average Bonchev–Trinajstić information content (AvgIpc) is 3.49. The van der Waals surface area contributed by atoms with Gasteiger partial charge in [0.15, 0.2) is 0 Å². The Morgan fingerprint density at radius 3 is 2.45 bits per heavy atom. The van der Waals surface area contributed by atoms with E-state index in [2.05, 4.69) is 5.32 Å². The molecule has 236 valence electrons. The maximum Gasteiger partial charge on any atom is 0.269 e. The molecule has 2 N–H and O–H groups in total. The fraction of sp³-hybridized carbons (Fsp3) is 0.387. The summed E-state index contributed by atoms with van der Waals surface area (Å²) in [6.07, 6.45) is -0.544. The van der Waals surface area contributed by atoms with Crippen LogP contribution in [0.5, 0.6) is 5.75 Å². The van der Waals surface area contributed by atoms with Crippen LogP contribution in [0.2, 0.25) is 5.02 Å². The van der Waals surface area contributed by atoms with Gasteiger partial charge in [0.1, 0.15) is 11.9 Å². The first-order valence-corrected chi connectivity index (χ1v) is 16.1. The van der Waals surface area contributed by atoms with E-state index in [1.807, 2.05) is 44.2 Å². The lowest BCUT2D eigenvalue weighted by atomic mass is 10.00. The zero-order valence-electron chi connectivity index (χ0n) is 24.5. The van der Waals surface area contributed by atoms with Gasteiger partial charge in [0.05, 0.1) is 35.2 Å². The largest absolute Gasteiger partial charge is 0.488 e. The number of hydrogen-bond donors (Lipinski definition) is 2. The van der Waals surface area contributed by atoms with Crippen LogP contribution in [0.15, 0.2) is 77.7 Å². The molecular weight excluding hydrogens is 610 g/mol. The minimum absolute atomic E-state index is 0.0717. The highest BCUT2D eigenvalue weighted by Crippen LogP contribution is 2.25. The van der Waals surface area contributed by atoms with Crippen LogP contribution in [0.3, 0.4) is 0 Å². The topological polar surface area (TPSA) is 148 Å². The quantitative estimate of drug-likeness (QED) is 0.193. The number of nitrogens with one attached hydrogen (secondary N) is 1. The summed E-state index contributed by atoms with van der Waals surface area (Å²) in [5.74, 6) is -0.211. The summed E-state index contributed by atoms with van der Waals surface area (Å²) in [4.78, 5) is 23.8. The number of nitro groups is 1. The third kappa shape index (κ3) is 8.99. The molecule has 4 rings (SSSR count). The Balaban J connectivity index is 1.58. The minimum atomic E-state index is -4.15. The predicted molar refractivity (Wildman–Crippen MR) is 165 cm³/mol. The van der Waals surface area contributed by atoms with Gasteiger partial charge in [-0.1, -0.05) is 55.8 Å². The van der Waals surface area contributed by atoms with Gasteiger partial charge in [-0.2, -0.15) is 4.31 Å². The molecule has 1 aliphatic heterocycles. The van der Waals surface area contributed by atoms with Crippen LogP contribution in [0.4, 0.5) is 5.69 Å². The molecule has 3 atom stereocenters. The van der Waals surface area contributed by atoms with E-state index in [1.54, 1.807) is 12.1 Å². The molecule has 0 spiro atoms. The molecule has 0 bridgehead atoms. The number of rotatable bonds is 14. The molecule has 3 aromatic rings. The summed E-state index contributed by atoms with van der Waals surface area (Å²) in [6, 6.07) is 17.6. The molecule has 1 aliphatic rings. The van der Waals surface area contributed by atoms with Crippen LogP contribution < -0.4 is 10.1 Å². The maximum absolute atomic E-state index is 13.6. The van der Waals surface area contributed by atoms with E-state index < -0.39 is 33.0 Å². The number of aliphatic hydroxyl groups excluding tert-OH is 1. The first kappa shape index (κ1) is 33.3. The second-order valence-electron chi connectivity index (χ2n) is 11.1. The smallest absolute Gasteiger partial charge is 0.269 e. The Bertz CT molecular complexity index is 1530. The van der Waals surface area contributed by atoms with E-state index in [0.717, 1.165) is 28.4 Å². The van der Waals surface area contributed by atoms with Crippen molar-refractivity contribution < 1.29 is 32.7 Å². The molecule has 44 heavy (non-hydrogen) atoms. The van der Waals surface area contributed by atoms with Gasteiger partial charge in [-0.3, -0.25) is 14.9 Å². The van der Waals surface area contributed by atoms with E-state index in [0.29, 0.717) is 24.0 Å². The molecule has 11 nitrogen and oxygen atoms in total. The van der Waals surface area contributed by atoms with Crippen molar-refractivity contribution in [3.63, 3.8) is 0 Å². The highest BCUT2D eigenvalue weighted by molar-refractivity contribution is 7.89. The summed E-state index contributed by atoms with van der Waals surface area (Å²) in [7, 11) is -4.15. The van der Waals surface area contributed by atoms with Crippen LogP contribution in [-0.2, 0) is 21.2 Å². The zero-order chi connectivity index (χ0) is 31.9. The van der Waals surface area contributed by atoms with E-state index in [1.165, 1.54) is 18.2 Å². The second-order valence-corrected chi connectivity index (χ2v) is 13.5. The van der Waals surface area contributed by atoms with E-state index in [9.17, 15) is 28.4 Å². The normalized spacial score (nSPS) is 16.5. The Morgan fingerprint density at radius 1 is 1.14 bits per heavy atom. The molecule has 0 aliphatic carbocycles. The van der Waals surface area contributed by atoms with Gasteiger partial charge in [-0.05, 0) is 48.2 Å². The first-order chi connectivity index (χ1) is 20.9. The Morgan fingerprint density at radius 2 is 1.84 bits per heavy atom. The highest BCUT2D eigenvalue weighted by atomic mass is 35.5. The molecule has 1 fully saturated rings. The van der Waals surface area contributed by atoms with Gasteiger partial charge in [0, 0.05) is 42.2 Å². The molecule has 1 heterocycles. The molecule has 1 amide bonds. The summed E-state index contributed by atoms with van der Waals surface area (Å²) in [5.41, 5.74) is 0.798. The average molecular weight is 646 g/mol. The van der Waals surface area contributed by atoms with Crippen molar-refractivity contribution in [1.82, 2.24) is 9.62 Å². The standard InChI is InChI=1S/C31H36ClN3O8S/c1-21(2)18-34(44(40,41)28-10-8-25(9-11-28)35(38)39)19-30(36)29(14-22-6-4-3-5-7-22)33-31(37)23-15-24(32)17-27(16-23)43-26-12-13-42-20-26/h3-11,15-17,21,26,29-30,36H,12-14,18-20H2,1-2H3,(H,33,37). The zero-order valence-corrected chi connectivity index (χ0v) is 26.0. The predicted octanol–water partition coefficient (Wildman–Crippen LogP) is 4.46. The minimum Gasteiger partial charge on any atom is -0.488 e. The molecule has 3 unspecified atom stereocenters. The number of sulfonamides is 1. The number of ether oxygens (including phenoxy) is 2. The van der Waals surface area contributed by atoms with Crippen molar-refractivity contribution in [2.75, 3.05) is 26.3 Å². The van der Waals surface area contributed by atoms with Crippen LogP contribution in [0, 0.1) is 16.0 Å². The monoisotopic (exact) mass is 645 g/mol. The van der Waals surface area contributed by atoms with Gasteiger partial charge in [0.2, 0.25) is 10.0 Å². The van der Waals surface area contributed by atoms with Crippen molar-refractivity contribution in [3.05, 3.63) is 99.1 Å². The lowest BCUT2D eigenvalue weighted by Gasteiger charge is -2.31. The fourth-order valence-corrected chi connectivity index (χ4v) is 6.71. The number of benzene rings is 3. The first-order valence-electron chi connectivity index (χ1n) is 14.2. The van der Waals surface area contributed by atoms with Crippen molar-refractivity contribution in [2.45, 2.75) is 49.8 Å².